The Labute approximate surface area is 188 Å². The number of carbonyl (C=O) groups is 1. The fraction of sp³-hybridized carbons (Fsp3) is 0.417. The van der Waals surface area contributed by atoms with E-state index in [-0.39, 0.29) is 12.0 Å². The van der Waals surface area contributed by atoms with Crippen LogP contribution >= 0.6 is 0 Å². The molecule has 0 spiro atoms. The molecule has 1 aliphatic heterocycles. The van der Waals surface area contributed by atoms with Crippen LogP contribution in [0.3, 0.4) is 0 Å². The minimum Gasteiger partial charge on any atom is -0.494 e. The molecule has 2 aromatic carbocycles. The van der Waals surface area contributed by atoms with Crippen LogP contribution in [0.25, 0.3) is 10.9 Å². The number of amides is 1. The van der Waals surface area contributed by atoms with Crippen LogP contribution in [0.4, 0.5) is 5.69 Å². The van der Waals surface area contributed by atoms with Gasteiger partial charge in [0.25, 0.3) is 5.91 Å². The summed E-state index contributed by atoms with van der Waals surface area (Å²) in [5.41, 5.74) is 1.86. The fourth-order valence-electron chi connectivity index (χ4n) is 3.87. The number of rotatable bonds is 8. The van der Waals surface area contributed by atoms with Crippen LogP contribution in [0, 0.1) is 0 Å². The van der Waals surface area contributed by atoms with Crippen molar-refractivity contribution in [1.29, 1.82) is 0 Å². The Morgan fingerprint density at radius 3 is 2.69 bits per heavy atom. The van der Waals surface area contributed by atoms with Crippen molar-refractivity contribution >= 4 is 22.5 Å². The van der Waals surface area contributed by atoms with Crippen LogP contribution in [-0.4, -0.2) is 66.6 Å². The number of hydrogen-bond acceptors (Lipinski definition) is 6. The third kappa shape index (κ3) is 5.03. The predicted octanol–water partition coefficient (Wildman–Crippen LogP) is 3.42. The number of carbonyl (C=O) groups excluding carboxylic acids is 1. The van der Waals surface area contributed by atoms with Crippen molar-refractivity contribution in [3.8, 4) is 11.5 Å². The summed E-state index contributed by atoms with van der Waals surface area (Å²) >= 11 is 0. The number of para-hydroxylation sites is 1. The first-order chi connectivity index (χ1) is 15.5. The van der Waals surface area contributed by atoms with Gasteiger partial charge in [-0.15, -0.1) is 0 Å². The van der Waals surface area contributed by atoms with Gasteiger partial charge in [-0.25, -0.2) is 0 Å². The quantitative estimate of drug-likeness (QED) is 0.581. The zero-order chi connectivity index (χ0) is 22.5. The highest BCUT2D eigenvalue weighted by Crippen LogP contribution is 2.29. The summed E-state index contributed by atoms with van der Waals surface area (Å²) < 4.78 is 18.6. The van der Waals surface area contributed by atoms with Crippen molar-refractivity contribution in [3.63, 3.8) is 0 Å². The van der Waals surface area contributed by atoms with Crippen LogP contribution < -0.4 is 14.8 Å². The first-order valence-corrected chi connectivity index (χ1v) is 11.0. The second kappa shape index (κ2) is 10.0. The summed E-state index contributed by atoms with van der Waals surface area (Å²) in [6, 6.07) is 13.1. The Bertz CT molecular complexity index is 1070. The van der Waals surface area contributed by atoms with Gasteiger partial charge < -0.3 is 19.5 Å². The minimum atomic E-state index is -0.268. The molecule has 1 fully saturated rings. The molecule has 32 heavy (non-hydrogen) atoms. The molecule has 0 unspecified atom stereocenters. The Hall–Kier alpha value is -3.10. The van der Waals surface area contributed by atoms with Crippen molar-refractivity contribution in [2.75, 3.05) is 45.3 Å². The lowest BCUT2D eigenvalue weighted by atomic mass is 10.2. The number of ether oxygens (including phenoxy) is 3. The zero-order valence-electron chi connectivity index (χ0n) is 18.8. The number of anilines is 1. The van der Waals surface area contributed by atoms with E-state index < -0.39 is 0 Å². The van der Waals surface area contributed by atoms with Gasteiger partial charge in [-0.3, -0.25) is 14.4 Å². The van der Waals surface area contributed by atoms with Crippen molar-refractivity contribution in [1.82, 2.24) is 14.7 Å². The molecule has 0 radical (unpaired) electrons. The van der Waals surface area contributed by atoms with Crippen LogP contribution in [0.2, 0.25) is 0 Å². The molecule has 0 aliphatic carbocycles. The van der Waals surface area contributed by atoms with Crippen molar-refractivity contribution in [2.45, 2.75) is 26.5 Å². The maximum absolute atomic E-state index is 13.2. The van der Waals surface area contributed by atoms with E-state index >= 15 is 0 Å². The Morgan fingerprint density at radius 1 is 1.16 bits per heavy atom. The number of morpholine rings is 1. The Morgan fingerprint density at radius 2 is 1.94 bits per heavy atom. The lowest BCUT2D eigenvalue weighted by molar-refractivity contribution is 0.0361. The van der Waals surface area contributed by atoms with E-state index in [1.54, 1.807) is 7.11 Å². The highest BCUT2D eigenvalue weighted by atomic mass is 16.5. The molecule has 1 saturated heterocycles. The van der Waals surface area contributed by atoms with Gasteiger partial charge >= 0.3 is 0 Å². The van der Waals surface area contributed by atoms with Gasteiger partial charge in [0.05, 0.1) is 33.0 Å². The van der Waals surface area contributed by atoms with Crippen LogP contribution in [0.15, 0.2) is 42.5 Å². The van der Waals surface area contributed by atoms with E-state index in [2.05, 4.69) is 15.3 Å². The molecular formula is C24H30N4O4. The second-order valence-electron chi connectivity index (χ2n) is 8.03. The average Bonchev–Trinajstić information content (AvgIpc) is 3.17. The maximum atomic E-state index is 13.2. The lowest BCUT2D eigenvalue weighted by Gasteiger charge is -2.26. The highest BCUT2D eigenvalue weighted by molar-refractivity contribution is 6.12. The van der Waals surface area contributed by atoms with E-state index in [0.717, 1.165) is 43.8 Å². The molecule has 8 heteroatoms. The number of fused-ring (bicyclic) bond motifs is 1. The Kier molecular flexibility index (Phi) is 6.92. The van der Waals surface area contributed by atoms with Crippen molar-refractivity contribution < 1.29 is 19.0 Å². The van der Waals surface area contributed by atoms with Gasteiger partial charge in [0.2, 0.25) is 0 Å². The third-order valence-corrected chi connectivity index (χ3v) is 5.36. The first kappa shape index (κ1) is 22.1. The normalized spacial score (nSPS) is 14.6. The van der Waals surface area contributed by atoms with Gasteiger partial charge in [0.15, 0.2) is 5.69 Å². The average molecular weight is 439 g/mol. The number of aromatic nitrogens is 2. The fourth-order valence-corrected chi connectivity index (χ4v) is 3.87. The van der Waals surface area contributed by atoms with E-state index in [1.165, 1.54) is 0 Å². The molecule has 4 rings (SSSR count). The van der Waals surface area contributed by atoms with Crippen molar-refractivity contribution in [2.24, 2.45) is 0 Å². The maximum Gasteiger partial charge on any atom is 0.276 e. The van der Waals surface area contributed by atoms with Gasteiger partial charge in [0.1, 0.15) is 17.0 Å². The molecule has 3 aromatic rings. The van der Waals surface area contributed by atoms with Crippen molar-refractivity contribution in [3.05, 3.63) is 48.2 Å². The molecule has 0 bridgehead atoms. The number of nitrogens with one attached hydrogen (secondary N) is 1. The number of benzene rings is 2. The van der Waals surface area contributed by atoms with E-state index in [4.69, 9.17) is 14.2 Å². The molecule has 8 nitrogen and oxygen atoms in total. The molecule has 170 valence electrons. The lowest BCUT2D eigenvalue weighted by Crippen LogP contribution is -2.38. The largest absolute Gasteiger partial charge is 0.494 e. The summed E-state index contributed by atoms with van der Waals surface area (Å²) in [7, 11) is 1.63. The summed E-state index contributed by atoms with van der Waals surface area (Å²) in [6.45, 7) is 8.71. The van der Waals surface area contributed by atoms with Gasteiger partial charge in [-0.2, -0.15) is 5.10 Å². The Balaban J connectivity index is 1.59. The summed E-state index contributed by atoms with van der Waals surface area (Å²) in [5.74, 6) is 1.14. The van der Waals surface area contributed by atoms with Gasteiger partial charge in [0, 0.05) is 36.8 Å². The molecule has 1 amide bonds. The summed E-state index contributed by atoms with van der Waals surface area (Å²) in [5, 5.41) is 8.40. The number of hydrogen-bond donors (Lipinski definition) is 1. The number of nitrogens with zero attached hydrogens (tertiary/aromatic N) is 3. The smallest absolute Gasteiger partial charge is 0.276 e. The molecule has 0 atom stereocenters. The molecular weight excluding hydrogens is 408 g/mol. The van der Waals surface area contributed by atoms with Gasteiger partial charge in [-0.1, -0.05) is 18.2 Å². The predicted molar refractivity (Wildman–Crippen MR) is 124 cm³/mol. The third-order valence-electron chi connectivity index (χ3n) is 5.36. The number of methoxy groups -OCH3 is 1. The molecule has 1 aromatic heterocycles. The molecule has 1 N–H and O–H groups in total. The SMILES string of the molecule is COc1cccc2c(C(=O)Nc3cccc(OC(C)C)c3)nn(CCN3CCOCC3)c12. The molecule has 1 aliphatic rings. The standard InChI is InChI=1S/C24H30N4O4/c1-17(2)32-19-7-4-6-18(16-19)25-24(29)22-20-8-5-9-21(30-3)23(20)28(26-22)11-10-27-12-14-31-15-13-27/h4-9,16-17H,10-15H2,1-3H3,(H,25,29). The molecule has 2 heterocycles. The second-order valence-corrected chi connectivity index (χ2v) is 8.03. The van der Waals surface area contributed by atoms with E-state index in [0.29, 0.717) is 29.4 Å². The highest BCUT2D eigenvalue weighted by Gasteiger charge is 2.21. The first-order valence-electron chi connectivity index (χ1n) is 11.0. The monoisotopic (exact) mass is 438 g/mol. The topological polar surface area (TPSA) is 77.8 Å². The van der Waals surface area contributed by atoms with E-state index in [9.17, 15) is 4.79 Å². The van der Waals surface area contributed by atoms with E-state index in [1.807, 2.05) is 61.0 Å². The molecule has 0 saturated carbocycles. The van der Waals surface area contributed by atoms with Crippen LogP contribution in [-0.2, 0) is 11.3 Å². The zero-order valence-corrected chi connectivity index (χ0v) is 18.8. The summed E-state index contributed by atoms with van der Waals surface area (Å²) in [6.07, 6.45) is 0.0551. The van der Waals surface area contributed by atoms with Crippen LogP contribution in [0.5, 0.6) is 11.5 Å². The minimum absolute atomic E-state index is 0.0551. The van der Waals surface area contributed by atoms with Crippen LogP contribution in [0.1, 0.15) is 24.3 Å². The van der Waals surface area contributed by atoms with Gasteiger partial charge in [-0.05, 0) is 32.0 Å². The summed E-state index contributed by atoms with van der Waals surface area (Å²) in [4.78, 5) is 15.5.